The highest BCUT2D eigenvalue weighted by Gasteiger charge is 2.23. The van der Waals surface area contributed by atoms with E-state index in [2.05, 4.69) is 22.8 Å². The van der Waals surface area contributed by atoms with Crippen molar-refractivity contribution < 1.29 is 4.79 Å². The van der Waals surface area contributed by atoms with E-state index in [1.807, 2.05) is 30.3 Å². The SMILES string of the molecule is O=C(NC(=S)Nc1cccc2ccccc12)C1CCCC1. The summed E-state index contributed by atoms with van der Waals surface area (Å²) in [4.78, 5) is 12.1. The molecule has 0 unspecified atom stereocenters. The topological polar surface area (TPSA) is 41.1 Å². The van der Waals surface area contributed by atoms with Crippen LogP contribution in [0.5, 0.6) is 0 Å². The summed E-state index contributed by atoms with van der Waals surface area (Å²) in [5.41, 5.74) is 0.921. The third kappa shape index (κ3) is 3.22. The number of nitrogens with one attached hydrogen (secondary N) is 2. The number of hydrogen-bond donors (Lipinski definition) is 2. The quantitative estimate of drug-likeness (QED) is 0.828. The minimum absolute atomic E-state index is 0.0465. The van der Waals surface area contributed by atoms with Gasteiger partial charge in [0.05, 0.1) is 0 Å². The Morgan fingerprint density at radius 3 is 2.57 bits per heavy atom. The first kappa shape index (κ1) is 14.0. The second kappa shape index (κ2) is 6.22. The summed E-state index contributed by atoms with van der Waals surface area (Å²) in [7, 11) is 0. The van der Waals surface area contributed by atoms with Gasteiger partial charge in [0.15, 0.2) is 5.11 Å². The molecule has 3 rings (SSSR count). The summed E-state index contributed by atoms with van der Waals surface area (Å²) in [6, 6.07) is 14.1. The average Bonchev–Trinajstić information content (AvgIpc) is 3.02. The number of amides is 1. The summed E-state index contributed by atoms with van der Waals surface area (Å²) in [6.07, 6.45) is 4.23. The molecule has 0 aliphatic heterocycles. The molecule has 4 heteroatoms. The van der Waals surface area contributed by atoms with E-state index in [0.29, 0.717) is 5.11 Å². The van der Waals surface area contributed by atoms with Crippen LogP contribution < -0.4 is 10.6 Å². The van der Waals surface area contributed by atoms with E-state index in [4.69, 9.17) is 12.2 Å². The zero-order valence-corrected chi connectivity index (χ0v) is 12.6. The molecule has 3 nitrogen and oxygen atoms in total. The van der Waals surface area contributed by atoms with Gasteiger partial charge in [-0.05, 0) is 36.5 Å². The highest BCUT2D eigenvalue weighted by atomic mass is 32.1. The standard InChI is InChI=1S/C17H18N2OS/c20-16(13-7-1-2-8-13)19-17(21)18-15-11-5-9-12-6-3-4-10-14(12)15/h3-6,9-11,13H,1-2,7-8H2,(H2,18,19,20,21). The van der Waals surface area contributed by atoms with Crippen LogP contribution in [0.3, 0.4) is 0 Å². The van der Waals surface area contributed by atoms with Gasteiger partial charge < -0.3 is 10.6 Å². The summed E-state index contributed by atoms with van der Waals surface area (Å²) in [5.74, 6) is 0.169. The predicted octanol–water partition coefficient (Wildman–Crippen LogP) is 3.84. The Balaban J connectivity index is 1.70. The lowest BCUT2D eigenvalue weighted by Crippen LogP contribution is -2.37. The van der Waals surface area contributed by atoms with Crippen molar-refractivity contribution in [1.82, 2.24) is 5.32 Å². The minimum atomic E-state index is 0.0465. The molecule has 1 saturated carbocycles. The lowest BCUT2D eigenvalue weighted by Gasteiger charge is -2.14. The van der Waals surface area contributed by atoms with E-state index in [0.717, 1.165) is 42.1 Å². The first-order valence-corrected chi connectivity index (χ1v) is 7.74. The number of anilines is 1. The van der Waals surface area contributed by atoms with Crippen molar-refractivity contribution in [2.24, 2.45) is 5.92 Å². The second-order valence-corrected chi connectivity index (χ2v) is 5.86. The maximum Gasteiger partial charge on any atom is 0.229 e. The fourth-order valence-electron chi connectivity index (χ4n) is 2.89. The average molecular weight is 298 g/mol. The Morgan fingerprint density at radius 2 is 1.76 bits per heavy atom. The van der Waals surface area contributed by atoms with Gasteiger partial charge in [-0.3, -0.25) is 4.79 Å². The van der Waals surface area contributed by atoms with E-state index in [9.17, 15) is 4.79 Å². The Bertz CT molecular complexity index is 672. The van der Waals surface area contributed by atoms with Gasteiger partial charge in [0.2, 0.25) is 5.91 Å². The predicted molar refractivity (Wildman–Crippen MR) is 90.3 cm³/mol. The van der Waals surface area contributed by atoms with Crippen LogP contribution in [0.2, 0.25) is 0 Å². The number of rotatable bonds is 2. The maximum absolute atomic E-state index is 12.1. The molecule has 21 heavy (non-hydrogen) atoms. The Hall–Kier alpha value is -1.94. The van der Waals surface area contributed by atoms with E-state index in [-0.39, 0.29) is 11.8 Å². The molecule has 2 aromatic carbocycles. The number of benzene rings is 2. The molecule has 1 fully saturated rings. The van der Waals surface area contributed by atoms with Crippen LogP contribution in [0.15, 0.2) is 42.5 Å². The number of carbonyl (C=O) groups is 1. The van der Waals surface area contributed by atoms with Crippen LogP contribution in [0.25, 0.3) is 10.8 Å². The molecule has 0 heterocycles. The zero-order valence-electron chi connectivity index (χ0n) is 11.8. The maximum atomic E-state index is 12.1. The Morgan fingerprint density at radius 1 is 1.05 bits per heavy atom. The summed E-state index contributed by atoms with van der Waals surface area (Å²) in [6.45, 7) is 0. The first-order chi connectivity index (χ1) is 10.2. The molecule has 1 aliphatic rings. The largest absolute Gasteiger partial charge is 0.332 e. The Kier molecular flexibility index (Phi) is 4.15. The normalized spacial score (nSPS) is 15.0. The van der Waals surface area contributed by atoms with Crippen LogP contribution in [-0.2, 0) is 4.79 Å². The third-order valence-electron chi connectivity index (χ3n) is 4.00. The van der Waals surface area contributed by atoms with E-state index in [1.54, 1.807) is 0 Å². The fraction of sp³-hybridized carbons (Fsp3) is 0.294. The number of thiocarbonyl (C=S) groups is 1. The van der Waals surface area contributed by atoms with Crippen molar-refractivity contribution in [1.29, 1.82) is 0 Å². The van der Waals surface area contributed by atoms with Crippen molar-refractivity contribution >= 4 is 39.7 Å². The molecule has 1 amide bonds. The molecule has 2 aromatic rings. The molecular formula is C17H18N2OS. The number of fused-ring (bicyclic) bond motifs is 1. The molecule has 0 atom stereocenters. The monoisotopic (exact) mass is 298 g/mol. The van der Waals surface area contributed by atoms with Crippen molar-refractivity contribution in [3.8, 4) is 0 Å². The van der Waals surface area contributed by atoms with Gasteiger partial charge in [-0.2, -0.15) is 0 Å². The van der Waals surface area contributed by atoms with Gasteiger partial charge in [-0.15, -0.1) is 0 Å². The lowest BCUT2D eigenvalue weighted by atomic mass is 10.1. The lowest BCUT2D eigenvalue weighted by molar-refractivity contribution is -0.123. The smallest absolute Gasteiger partial charge is 0.229 e. The molecule has 0 spiro atoms. The highest BCUT2D eigenvalue weighted by Crippen LogP contribution is 2.25. The van der Waals surface area contributed by atoms with Crippen molar-refractivity contribution in [2.45, 2.75) is 25.7 Å². The van der Waals surface area contributed by atoms with Crippen LogP contribution in [0.1, 0.15) is 25.7 Å². The van der Waals surface area contributed by atoms with Crippen LogP contribution >= 0.6 is 12.2 Å². The highest BCUT2D eigenvalue weighted by molar-refractivity contribution is 7.80. The van der Waals surface area contributed by atoms with Crippen molar-refractivity contribution in [3.63, 3.8) is 0 Å². The van der Waals surface area contributed by atoms with Crippen LogP contribution in [-0.4, -0.2) is 11.0 Å². The van der Waals surface area contributed by atoms with Gasteiger partial charge in [0.25, 0.3) is 0 Å². The zero-order chi connectivity index (χ0) is 14.7. The summed E-state index contributed by atoms with van der Waals surface area (Å²) in [5, 5.41) is 8.57. The molecule has 2 N–H and O–H groups in total. The summed E-state index contributed by atoms with van der Waals surface area (Å²) >= 11 is 5.27. The van der Waals surface area contributed by atoms with Gasteiger partial charge in [-0.1, -0.05) is 49.2 Å². The molecule has 0 saturated heterocycles. The number of carbonyl (C=O) groups excluding carboxylic acids is 1. The summed E-state index contributed by atoms with van der Waals surface area (Å²) < 4.78 is 0. The van der Waals surface area contributed by atoms with Crippen LogP contribution in [0, 0.1) is 5.92 Å². The molecular weight excluding hydrogens is 280 g/mol. The Labute approximate surface area is 129 Å². The van der Waals surface area contributed by atoms with E-state index in [1.165, 1.54) is 0 Å². The van der Waals surface area contributed by atoms with Gasteiger partial charge in [0.1, 0.15) is 0 Å². The van der Waals surface area contributed by atoms with Crippen LogP contribution in [0.4, 0.5) is 5.69 Å². The molecule has 1 aliphatic carbocycles. The van der Waals surface area contributed by atoms with Crippen molar-refractivity contribution in [3.05, 3.63) is 42.5 Å². The molecule has 0 aromatic heterocycles. The second-order valence-electron chi connectivity index (χ2n) is 5.45. The van der Waals surface area contributed by atoms with E-state index < -0.39 is 0 Å². The van der Waals surface area contributed by atoms with Gasteiger partial charge >= 0.3 is 0 Å². The third-order valence-corrected chi connectivity index (χ3v) is 4.20. The number of hydrogen-bond acceptors (Lipinski definition) is 2. The van der Waals surface area contributed by atoms with Gasteiger partial charge in [-0.25, -0.2) is 0 Å². The fourth-order valence-corrected chi connectivity index (χ4v) is 3.10. The van der Waals surface area contributed by atoms with Crippen molar-refractivity contribution in [2.75, 3.05) is 5.32 Å². The minimum Gasteiger partial charge on any atom is -0.332 e. The molecule has 108 valence electrons. The van der Waals surface area contributed by atoms with Gasteiger partial charge in [0, 0.05) is 17.0 Å². The first-order valence-electron chi connectivity index (χ1n) is 7.33. The molecule has 0 bridgehead atoms. The van der Waals surface area contributed by atoms with E-state index >= 15 is 0 Å². The molecule has 0 radical (unpaired) electrons.